The van der Waals surface area contributed by atoms with Crippen molar-refractivity contribution in [3.05, 3.63) is 73.1 Å². The van der Waals surface area contributed by atoms with Gasteiger partial charge in [-0.05, 0) is 0 Å². The van der Waals surface area contributed by atoms with Gasteiger partial charge in [0.05, 0.1) is 0 Å². The summed E-state index contributed by atoms with van der Waals surface area (Å²) in [7, 11) is -5.17. The van der Waals surface area contributed by atoms with Crippen molar-refractivity contribution in [2.45, 2.75) is 0 Å². The number of nitrogen functional groups attached to an aromatic ring is 2. The number of rotatable bonds is 2. The van der Waals surface area contributed by atoms with Gasteiger partial charge in [0.2, 0.25) is 0 Å². The molecule has 4 rings (SSSR count). The maximum absolute atomic E-state index is 8.52. The van der Waals surface area contributed by atoms with E-state index in [0.717, 1.165) is 22.5 Å². The number of H-pyrrole nitrogens is 4. The normalized spacial score (nSPS) is 10.3. The number of hydrogen-bond donors (Lipinski definition) is 4. The van der Waals surface area contributed by atoms with Crippen LogP contribution in [-0.2, 0) is 10.4 Å². The van der Waals surface area contributed by atoms with Crippen LogP contribution in [-0.4, -0.2) is 27.5 Å². The molecule has 0 amide bonds. The van der Waals surface area contributed by atoms with Gasteiger partial charge < -0.3 is 9.11 Å². The van der Waals surface area contributed by atoms with E-state index in [1.54, 1.807) is 0 Å². The minimum Gasteiger partial charge on any atom is -0.759 e. The van der Waals surface area contributed by atoms with Gasteiger partial charge in [-0.15, -0.1) is 0 Å². The van der Waals surface area contributed by atoms with Gasteiger partial charge in [-0.3, -0.25) is 19.9 Å². The number of anilines is 2. The molecule has 0 aliphatic heterocycles. The first-order valence-electron chi connectivity index (χ1n) is 8.22. The van der Waals surface area contributed by atoms with Crippen molar-refractivity contribution in [2.24, 2.45) is 0 Å². The van der Waals surface area contributed by atoms with Crippen molar-refractivity contribution >= 4 is 22.3 Å². The zero-order valence-corrected chi connectivity index (χ0v) is 15.9. The molecule has 0 aliphatic rings. The SMILES string of the molecule is Nc1[nH]c(-c2ccccc2)c[nH+]1.Nc1[nH]c(-c2ccccc2)c[nH+]1.O=S(=O)([O-])[O-]. The predicted octanol–water partition coefficient (Wildman–Crippen LogP) is 0.818. The van der Waals surface area contributed by atoms with Gasteiger partial charge in [0, 0.05) is 21.5 Å². The van der Waals surface area contributed by atoms with Gasteiger partial charge in [0.15, 0.2) is 0 Å². The fourth-order valence-electron chi connectivity index (χ4n) is 2.28. The third-order valence-electron chi connectivity index (χ3n) is 3.45. The summed E-state index contributed by atoms with van der Waals surface area (Å²) >= 11 is 0. The van der Waals surface area contributed by atoms with Crippen LogP contribution in [0.4, 0.5) is 11.9 Å². The number of imidazole rings is 2. The first-order valence-corrected chi connectivity index (χ1v) is 9.55. The molecule has 0 spiro atoms. The molecule has 0 aliphatic carbocycles. The molecule has 11 heteroatoms. The first-order chi connectivity index (χ1) is 13.7. The van der Waals surface area contributed by atoms with E-state index in [0.29, 0.717) is 11.9 Å². The average Bonchev–Trinajstić information content (AvgIpc) is 3.31. The van der Waals surface area contributed by atoms with Crippen LogP contribution in [0.2, 0.25) is 0 Å². The minimum atomic E-state index is -5.17. The number of nitrogens with one attached hydrogen (secondary N) is 4. The van der Waals surface area contributed by atoms with Crippen molar-refractivity contribution in [1.82, 2.24) is 9.97 Å². The van der Waals surface area contributed by atoms with E-state index < -0.39 is 10.4 Å². The summed E-state index contributed by atoms with van der Waals surface area (Å²) in [6, 6.07) is 20.0. The predicted molar refractivity (Wildman–Crippen MR) is 105 cm³/mol. The highest BCUT2D eigenvalue weighted by atomic mass is 32.3. The van der Waals surface area contributed by atoms with E-state index in [9.17, 15) is 0 Å². The second kappa shape index (κ2) is 10.0. The molecule has 2 aromatic heterocycles. The molecular formula is C18H20N6O4S. The number of nitrogens with two attached hydrogens (primary N) is 2. The Morgan fingerprint density at radius 2 is 1.00 bits per heavy atom. The van der Waals surface area contributed by atoms with E-state index in [1.165, 1.54) is 0 Å². The summed E-state index contributed by atoms with van der Waals surface area (Å²) in [5.41, 5.74) is 15.3. The highest BCUT2D eigenvalue weighted by Gasteiger charge is 2.04. The van der Waals surface area contributed by atoms with Gasteiger partial charge in [-0.2, -0.15) is 0 Å². The highest BCUT2D eigenvalue weighted by Crippen LogP contribution is 2.15. The van der Waals surface area contributed by atoms with Crippen LogP contribution in [0.1, 0.15) is 0 Å². The third-order valence-corrected chi connectivity index (χ3v) is 3.45. The standard InChI is InChI=1S/2C9H9N3.H2O4S/c2*10-9-11-6-8(12-9)7-4-2-1-3-5-7;1-5(2,3)4/h2*1-6H,(H3,10,11,12);(H2,1,2,3,4). The van der Waals surface area contributed by atoms with Gasteiger partial charge in [-0.25, -0.2) is 19.9 Å². The van der Waals surface area contributed by atoms with E-state index in [-0.39, 0.29) is 0 Å². The summed E-state index contributed by atoms with van der Waals surface area (Å²) < 4.78 is 34.1. The summed E-state index contributed by atoms with van der Waals surface area (Å²) in [6.45, 7) is 0. The minimum absolute atomic E-state index is 0.578. The van der Waals surface area contributed by atoms with Gasteiger partial charge in [-0.1, -0.05) is 60.7 Å². The van der Waals surface area contributed by atoms with Crippen LogP contribution >= 0.6 is 0 Å². The van der Waals surface area contributed by atoms with Crippen molar-refractivity contribution in [1.29, 1.82) is 0 Å². The molecule has 4 aromatic rings. The maximum Gasteiger partial charge on any atom is 0.350 e. The number of aromatic amines is 4. The van der Waals surface area contributed by atoms with Crippen molar-refractivity contribution in [2.75, 3.05) is 11.5 Å². The van der Waals surface area contributed by atoms with E-state index in [2.05, 4.69) is 19.9 Å². The van der Waals surface area contributed by atoms with E-state index in [4.69, 9.17) is 29.0 Å². The van der Waals surface area contributed by atoms with Crippen molar-refractivity contribution in [3.8, 4) is 22.5 Å². The lowest BCUT2D eigenvalue weighted by atomic mass is 10.2. The lowest BCUT2D eigenvalue weighted by molar-refractivity contribution is -0.358. The lowest BCUT2D eigenvalue weighted by Crippen LogP contribution is -2.03. The number of benzene rings is 2. The second-order valence-corrected chi connectivity index (χ2v) is 6.44. The van der Waals surface area contributed by atoms with Crippen molar-refractivity contribution in [3.63, 3.8) is 0 Å². The quantitative estimate of drug-likeness (QED) is 0.276. The molecule has 0 saturated carbocycles. The van der Waals surface area contributed by atoms with Crippen LogP contribution in [0.3, 0.4) is 0 Å². The molecule has 8 N–H and O–H groups in total. The van der Waals surface area contributed by atoms with Crippen molar-refractivity contribution < 1.29 is 27.5 Å². The monoisotopic (exact) mass is 416 g/mol. The Labute approximate surface area is 167 Å². The molecule has 29 heavy (non-hydrogen) atoms. The summed E-state index contributed by atoms with van der Waals surface area (Å²) in [4.78, 5) is 11.8. The molecule has 0 unspecified atom stereocenters. The molecule has 2 aromatic carbocycles. The molecule has 2 heterocycles. The molecule has 10 nitrogen and oxygen atoms in total. The molecule has 0 bridgehead atoms. The molecule has 152 valence electrons. The molecule has 0 saturated heterocycles. The first kappa shape index (κ1) is 21.6. The summed E-state index contributed by atoms with van der Waals surface area (Å²) in [6.07, 6.45) is 3.70. The number of hydrogen-bond acceptors (Lipinski definition) is 6. The lowest BCUT2D eigenvalue weighted by Gasteiger charge is -2.06. The van der Waals surface area contributed by atoms with E-state index >= 15 is 0 Å². The fourth-order valence-corrected chi connectivity index (χ4v) is 2.28. The van der Waals surface area contributed by atoms with Crippen LogP contribution in [0.15, 0.2) is 73.1 Å². The molecule has 0 fully saturated rings. The smallest absolute Gasteiger partial charge is 0.350 e. The van der Waals surface area contributed by atoms with Crippen LogP contribution in [0.5, 0.6) is 0 Å². The Morgan fingerprint density at radius 3 is 1.24 bits per heavy atom. The zero-order chi connectivity index (χ0) is 21.3. The maximum atomic E-state index is 8.52. The Bertz CT molecular complexity index is 1030. The van der Waals surface area contributed by atoms with Crippen LogP contribution in [0, 0.1) is 0 Å². The number of aromatic nitrogens is 4. The van der Waals surface area contributed by atoms with Gasteiger partial charge in [0.1, 0.15) is 23.8 Å². The summed E-state index contributed by atoms with van der Waals surface area (Å²) in [5, 5.41) is 0. The van der Waals surface area contributed by atoms with Gasteiger partial charge >= 0.3 is 11.9 Å². The fraction of sp³-hybridized carbons (Fsp3) is 0. The average molecular weight is 416 g/mol. The Kier molecular flexibility index (Phi) is 7.48. The Morgan fingerprint density at radius 1 is 0.690 bits per heavy atom. The summed E-state index contributed by atoms with van der Waals surface area (Å²) in [5.74, 6) is 1.16. The highest BCUT2D eigenvalue weighted by molar-refractivity contribution is 7.79. The molecular weight excluding hydrogens is 396 g/mol. The van der Waals surface area contributed by atoms with Crippen LogP contribution < -0.4 is 21.4 Å². The second-order valence-electron chi connectivity index (χ2n) is 5.62. The van der Waals surface area contributed by atoms with Gasteiger partial charge in [0.25, 0.3) is 0 Å². The topological polar surface area (TPSA) is 192 Å². The molecule has 0 radical (unpaired) electrons. The molecule has 0 atom stereocenters. The van der Waals surface area contributed by atoms with Crippen LogP contribution in [0.25, 0.3) is 22.5 Å². The zero-order valence-electron chi connectivity index (χ0n) is 15.1. The largest absolute Gasteiger partial charge is 0.759 e. The Balaban J connectivity index is 0.000000170. The van der Waals surface area contributed by atoms with E-state index in [1.807, 2.05) is 73.1 Å². The Hall–Kier alpha value is -3.67. The third kappa shape index (κ3) is 8.26.